The zero-order chi connectivity index (χ0) is 19.8. The van der Waals surface area contributed by atoms with Gasteiger partial charge in [-0.25, -0.2) is 13.2 Å². The van der Waals surface area contributed by atoms with Crippen LogP contribution < -0.4 is 25.1 Å². The maximum absolute atomic E-state index is 12.7. The van der Waals surface area contributed by atoms with Gasteiger partial charge >= 0.3 is 5.76 Å². The highest BCUT2D eigenvalue weighted by molar-refractivity contribution is 7.92. The number of carbonyl (C=O) groups excluding carboxylic acids is 1. The van der Waals surface area contributed by atoms with Crippen LogP contribution in [0.5, 0.6) is 11.5 Å². The zero-order valence-electron chi connectivity index (χ0n) is 14.1. The van der Waals surface area contributed by atoms with E-state index >= 15 is 0 Å². The number of benzene rings is 2. The van der Waals surface area contributed by atoms with Crippen molar-refractivity contribution in [1.29, 1.82) is 0 Å². The number of carbonyl (C=O) groups is 1. The Morgan fingerprint density at radius 3 is 2.44 bits per heavy atom. The Morgan fingerprint density at radius 2 is 1.81 bits per heavy atom. The molecule has 3 rings (SSSR count). The van der Waals surface area contributed by atoms with Gasteiger partial charge in [0.15, 0.2) is 17.1 Å². The van der Waals surface area contributed by atoms with Gasteiger partial charge < -0.3 is 23.8 Å². The van der Waals surface area contributed by atoms with Crippen LogP contribution in [-0.4, -0.2) is 33.6 Å². The number of hydrogen-bond acceptors (Lipinski definition) is 8. The van der Waals surface area contributed by atoms with Crippen LogP contribution in [0.1, 0.15) is 10.4 Å². The van der Waals surface area contributed by atoms with Crippen molar-refractivity contribution in [3.63, 3.8) is 0 Å². The lowest BCUT2D eigenvalue weighted by Gasteiger charge is -2.17. The molecule has 0 aliphatic carbocycles. The number of ether oxygens (including phenoxy) is 2. The molecule has 0 fully saturated rings. The summed E-state index contributed by atoms with van der Waals surface area (Å²) < 4.78 is 42.4. The number of rotatable bonds is 6. The average molecular weight is 393 g/mol. The van der Waals surface area contributed by atoms with Gasteiger partial charge in [0.2, 0.25) is 0 Å². The summed E-state index contributed by atoms with van der Waals surface area (Å²) in [6.07, 6.45) is 0. The predicted octanol–water partition coefficient (Wildman–Crippen LogP) is 0.303. The monoisotopic (exact) mass is 393 g/mol. The molecule has 0 amide bonds. The van der Waals surface area contributed by atoms with Gasteiger partial charge in [0.1, 0.15) is 0 Å². The minimum absolute atomic E-state index is 0.0373. The standard InChI is InChI=1S/C16H14N2O8S/c1-24-13-6-9(15(19)20)11(7-14(13)25-2)18-27(22,23)8-3-4-10-12(5-8)26-16(21)17-10/h3-7,18H,1-2H3,(H,17,21)(H,19,20)/p-1. The SMILES string of the molecule is COc1cc(NS(=O)(=O)c2ccc3[nH]c(=O)oc3c2)c(C(=O)[O-])cc1OC. The topological polar surface area (TPSA) is 151 Å². The van der Waals surface area contributed by atoms with Crippen LogP contribution in [0.2, 0.25) is 0 Å². The second kappa shape index (κ2) is 6.68. The molecule has 0 radical (unpaired) electrons. The molecule has 3 aromatic rings. The lowest BCUT2D eigenvalue weighted by Crippen LogP contribution is -2.25. The van der Waals surface area contributed by atoms with Crippen LogP contribution in [0.4, 0.5) is 5.69 Å². The van der Waals surface area contributed by atoms with Crippen molar-refractivity contribution < 1.29 is 32.2 Å². The number of aromatic amines is 1. The van der Waals surface area contributed by atoms with E-state index in [2.05, 4.69) is 9.71 Å². The normalized spacial score (nSPS) is 11.3. The fraction of sp³-hybridized carbons (Fsp3) is 0.125. The lowest BCUT2D eigenvalue weighted by atomic mass is 10.1. The zero-order valence-corrected chi connectivity index (χ0v) is 14.9. The molecule has 0 bridgehead atoms. The highest BCUT2D eigenvalue weighted by Crippen LogP contribution is 2.34. The molecule has 0 saturated heterocycles. The number of hydrogen-bond donors (Lipinski definition) is 2. The number of aromatic nitrogens is 1. The summed E-state index contributed by atoms with van der Waals surface area (Å²) in [5, 5.41) is 11.4. The molecule has 0 atom stereocenters. The van der Waals surface area contributed by atoms with Crippen LogP contribution in [0.3, 0.4) is 0 Å². The minimum Gasteiger partial charge on any atom is -0.545 e. The summed E-state index contributed by atoms with van der Waals surface area (Å²) in [6.45, 7) is 0. The van der Waals surface area contributed by atoms with Crippen molar-refractivity contribution >= 4 is 32.8 Å². The van der Waals surface area contributed by atoms with Crippen molar-refractivity contribution in [2.45, 2.75) is 4.90 Å². The van der Waals surface area contributed by atoms with Gasteiger partial charge in [0, 0.05) is 17.7 Å². The Labute approximate surface area is 152 Å². The molecular weight excluding hydrogens is 380 g/mol. The fourth-order valence-electron chi connectivity index (χ4n) is 2.43. The number of methoxy groups -OCH3 is 2. The van der Waals surface area contributed by atoms with E-state index in [0.29, 0.717) is 5.52 Å². The first-order valence-corrected chi connectivity index (χ1v) is 8.86. The maximum Gasteiger partial charge on any atom is 0.417 e. The Kier molecular flexibility index (Phi) is 4.54. The Morgan fingerprint density at radius 1 is 1.15 bits per heavy atom. The highest BCUT2D eigenvalue weighted by Gasteiger charge is 2.20. The van der Waals surface area contributed by atoms with Crippen molar-refractivity contribution in [2.24, 2.45) is 0 Å². The molecule has 142 valence electrons. The summed E-state index contributed by atoms with van der Waals surface area (Å²) in [7, 11) is -1.59. The van der Waals surface area contributed by atoms with E-state index in [1.807, 2.05) is 0 Å². The van der Waals surface area contributed by atoms with Crippen LogP contribution >= 0.6 is 0 Å². The van der Waals surface area contributed by atoms with E-state index < -0.39 is 27.3 Å². The summed E-state index contributed by atoms with van der Waals surface area (Å²) in [5.41, 5.74) is -0.357. The average Bonchev–Trinajstić information content (AvgIpc) is 2.99. The smallest absolute Gasteiger partial charge is 0.417 e. The quantitative estimate of drug-likeness (QED) is 0.607. The third-order valence-corrected chi connectivity index (χ3v) is 5.05. The largest absolute Gasteiger partial charge is 0.545 e. The van der Waals surface area contributed by atoms with Crippen LogP contribution in [0.15, 0.2) is 44.4 Å². The van der Waals surface area contributed by atoms with E-state index in [4.69, 9.17) is 13.9 Å². The summed E-state index contributed by atoms with van der Waals surface area (Å²) >= 11 is 0. The first kappa shape index (κ1) is 18.3. The third-order valence-electron chi connectivity index (χ3n) is 3.69. The molecule has 0 aliphatic heterocycles. The molecule has 0 unspecified atom stereocenters. The number of nitrogens with one attached hydrogen (secondary N) is 2. The number of carboxylic acids is 1. The van der Waals surface area contributed by atoms with Gasteiger partial charge in [-0.3, -0.25) is 9.71 Å². The van der Waals surface area contributed by atoms with E-state index in [9.17, 15) is 23.1 Å². The van der Waals surface area contributed by atoms with Crippen LogP contribution in [-0.2, 0) is 10.0 Å². The summed E-state index contributed by atoms with van der Waals surface area (Å²) in [5.74, 6) is -2.13. The Balaban J connectivity index is 2.08. The molecular formula is C16H13N2O8S-. The predicted molar refractivity (Wildman–Crippen MR) is 91.5 cm³/mol. The highest BCUT2D eigenvalue weighted by atomic mass is 32.2. The van der Waals surface area contributed by atoms with E-state index in [-0.39, 0.29) is 27.7 Å². The van der Waals surface area contributed by atoms with Crippen LogP contribution in [0.25, 0.3) is 11.1 Å². The number of carboxylic acid groups (broad SMARTS) is 1. The molecule has 1 aromatic heterocycles. The molecule has 1 heterocycles. The molecule has 10 nitrogen and oxygen atoms in total. The third kappa shape index (κ3) is 3.44. The van der Waals surface area contributed by atoms with Gasteiger partial charge in [-0.2, -0.15) is 0 Å². The maximum atomic E-state index is 12.7. The first-order chi connectivity index (χ1) is 12.7. The molecule has 2 N–H and O–H groups in total. The van der Waals surface area contributed by atoms with Gasteiger partial charge in [0.05, 0.1) is 36.3 Å². The van der Waals surface area contributed by atoms with Gasteiger partial charge in [0.25, 0.3) is 10.0 Å². The van der Waals surface area contributed by atoms with Gasteiger partial charge in [-0.15, -0.1) is 0 Å². The first-order valence-electron chi connectivity index (χ1n) is 7.38. The Bertz CT molecular complexity index is 1190. The molecule has 0 spiro atoms. The summed E-state index contributed by atoms with van der Waals surface area (Å²) in [4.78, 5) is 24.7. The number of oxazole rings is 1. The van der Waals surface area contributed by atoms with Gasteiger partial charge in [-0.05, 0) is 18.2 Å². The number of aromatic carboxylic acids is 1. The second-order valence-corrected chi connectivity index (χ2v) is 7.00. The molecule has 2 aromatic carbocycles. The van der Waals surface area contributed by atoms with E-state index in [1.165, 1.54) is 26.4 Å². The van der Waals surface area contributed by atoms with Gasteiger partial charge in [-0.1, -0.05) is 0 Å². The number of fused-ring (bicyclic) bond motifs is 1. The molecule has 27 heavy (non-hydrogen) atoms. The van der Waals surface area contributed by atoms with E-state index in [1.54, 1.807) is 0 Å². The van der Waals surface area contributed by atoms with Crippen LogP contribution in [0, 0.1) is 0 Å². The summed E-state index contributed by atoms with van der Waals surface area (Å²) in [6, 6.07) is 5.96. The number of anilines is 1. The molecule has 0 saturated carbocycles. The number of sulfonamides is 1. The van der Waals surface area contributed by atoms with E-state index in [0.717, 1.165) is 18.2 Å². The fourth-order valence-corrected chi connectivity index (χ4v) is 3.51. The minimum atomic E-state index is -4.21. The number of H-pyrrole nitrogens is 1. The second-order valence-electron chi connectivity index (χ2n) is 5.32. The van der Waals surface area contributed by atoms with Crippen molar-refractivity contribution in [2.75, 3.05) is 18.9 Å². The molecule has 0 aliphatic rings. The Hall–Kier alpha value is -3.47. The van der Waals surface area contributed by atoms with Crippen molar-refractivity contribution in [3.8, 4) is 11.5 Å². The lowest BCUT2D eigenvalue weighted by molar-refractivity contribution is -0.254. The van der Waals surface area contributed by atoms with Crippen molar-refractivity contribution in [1.82, 2.24) is 4.98 Å². The van der Waals surface area contributed by atoms with Crippen molar-refractivity contribution in [3.05, 3.63) is 46.4 Å². The molecule has 11 heteroatoms.